The van der Waals surface area contributed by atoms with Gasteiger partial charge in [-0.05, 0) is 38.3 Å². The summed E-state index contributed by atoms with van der Waals surface area (Å²) in [5.41, 5.74) is 0.368. The lowest BCUT2D eigenvalue weighted by Crippen LogP contribution is -2.43. The van der Waals surface area contributed by atoms with Gasteiger partial charge in [0, 0.05) is 25.6 Å². The Morgan fingerprint density at radius 2 is 2.07 bits per heavy atom. The molecule has 2 aromatic rings. The summed E-state index contributed by atoms with van der Waals surface area (Å²) in [6.45, 7) is 5.16. The summed E-state index contributed by atoms with van der Waals surface area (Å²) >= 11 is 6.14. The second-order valence-corrected chi connectivity index (χ2v) is 7.32. The molecule has 2 heterocycles. The maximum Gasteiger partial charge on any atom is 0.259 e. The van der Waals surface area contributed by atoms with Gasteiger partial charge >= 0.3 is 0 Å². The normalized spacial score (nSPS) is 14.9. The van der Waals surface area contributed by atoms with E-state index in [-0.39, 0.29) is 39.6 Å². The number of hydrogen-bond acceptors (Lipinski definition) is 4. The Kier molecular flexibility index (Phi) is 6.34. The van der Waals surface area contributed by atoms with Gasteiger partial charge in [-0.3, -0.25) is 9.59 Å². The molecule has 1 aromatic heterocycles. The summed E-state index contributed by atoms with van der Waals surface area (Å²) in [5, 5.41) is 6.95. The predicted molar refractivity (Wildman–Crippen MR) is 104 cm³/mol. The fraction of sp³-hybridized carbons (Fsp3) is 0.450. The molecule has 0 aliphatic carbocycles. The molecule has 0 bridgehead atoms. The minimum atomic E-state index is -0.568. The van der Waals surface area contributed by atoms with Crippen molar-refractivity contribution in [3.05, 3.63) is 40.4 Å². The van der Waals surface area contributed by atoms with Gasteiger partial charge in [-0.15, -0.1) is 0 Å². The van der Waals surface area contributed by atoms with E-state index in [1.54, 1.807) is 17.9 Å². The van der Waals surface area contributed by atoms with Crippen LogP contribution in [0.2, 0.25) is 5.02 Å². The van der Waals surface area contributed by atoms with Crippen molar-refractivity contribution < 1.29 is 18.5 Å². The molecule has 0 spiro atoms. The van der Waals surface area contributed by atoms with Gasteiger partial charge in [0.05, 0.1) is 10.6 Å². The van der Waals surface area contributed by atoms with E-state index in [2.05, 4.69) is 10.5 Å². The Morgan fingerprint density at radius 1 is 1.36 bits per heavy atom. The zero-order valence-electron chi connectivity index (χ0n) is 15.9. The van der Waals surface area contributed by atoms with Crippen molar-refractivity contribution in [3.8, 4) is 11.3 Å². The van der Waals surface area contributed by atoms with Crippen molar-refractivity contribution in [2.24, 2.45) is 5.92 Å². The molecule has 2 amide bonds. The van der Waals surface area contributed by atoms with E-state index in [0.29, 0.717) is 38.2 Å². The zero-order chi connectivity index (χ0) is 20.3. The van der Waals surface area contributed by atoms with Gasteiger partial charge in [-0.1, -0.05) is 29.7 Å². The first-order valence-electron chi connectivity index (χ1n) is 9.41. The highest BCUT2D eigenvalue weighted by molar-refractivity contribution is 6.33. The molecule has 0 radical (unpaired) electrons. The van der Waals surface area contributed by atoms with E-state index in [1.807, 2.05) is 6.92 Å². The summed E-state index contributed by atoms with van der Waals surface area (Å²) in [6.07, 6.45) is 2.06. The number of likely N-dealkylation sites (tertiary alicyclic amines) is 1. The van der Waals surface area contributed by atoms with Crippen molar-refractivity contribution in [1.82, 2.24) is 15.4 Å². The molecule has 150 valence electrons. The smallest absolute Gasteiger partial charge is 0.259 e. The number of halogens is 2. The number of rotatable bonds is 5. The van der Waals surface area contributed by atoms with Gasteiger partial charge in [0.25, 0.3) is 5.91 Å². The second-order valence-electron chi connectivity index (χ2n) is 6.92. The number of aromatic nitrogens is 1. The van der Waals surface area contributed by atoms with Crippen molar-refractivity contribution in [2.75, 3.05) is 19.6 Å². The van der Waals surface area contributed by atoms with Gasteiger partial charge in [-0.25, -0.2) is 4.39 Å². The van der Waals surface area contributed by atoms with Crippen LogP contribution in [0.15, 0.2) is 22.7 Å². The average Bonchev–Trinajstić information content (AvgIpc) is 3.06. The second kappa shape index (κ2) is 8.73. The van der Waals surface area contributed by atoms with E-state index < -0.39 is 5.82 Å². The van der Waals surface area contributed by atoms with Crippen LogP contribution >= 0.6 is 11.6 Å². The number of nitrogens with one attached hydrogen (secondary N) is 1. The van der Waals surface area contributed by atoms with E-state index >= 15 is 0 Å². The first-order valence-corrected chi connectivity index (χ1v) is 9.79. The van der Waals surface area contributed by atoms with Crippen LogP contribution in [0.3, 0.4) is 0 Å². The van der Waals surface area contributed by atoms with Crippen LogP contribution in [-0.4, -0.2) is 41.5 Å². The van der Waals surface area contributed by atoms with Crippen molar-refractivity contribution in [1.29, 1.82) is 0 Å². The SMILES string of the molecule is CCCNC(=O)C1CCN(C(=O)c2c(-c3c(F)cccc3Cl)noc2C)CC1. The molecule has 28 heavy (non-hydrogen) atoms. The standard InChI is InChI=1S/C20H23ClFN3O3/c1-3-9-23-19(26)13-7-10-25(11-8-13)20(27)16-12(2)28-24-18(16)17-14(21)5-4-6-15(17)22/h4-6,13H,3,7-11H2,1-2H3,(H,23,26). The Labute approximate surface area is 168 Å². The number of carbonyl (C=O) groups is 2. The largest absolute Gasteiger partial charge is 0.360 e. The fourth-order valence-electron chi connectivity index (χ4n) is 3.41. The van der Waals surface area contributed by atoms with Gasteiger partial charge < -0.3 is 14.7 Å². The Hall–Kier alpha value is -2.41. The lowest BCUT2D eigenvalue weighted by atomic mass is 9.95. The number of carbonyl (C=O) groups excluding carboxylic acids is 2. The quantitative estimate of drug-likeness (QED) is 0.817. The van der Waals surface area contributed by atoms with Crippen LogP contribution in [0, 0.1) is 18.7 Å². The summed E-state index contributed by atoms with van der Waals surface area (Å²) in [7, 11) is 0. The molecule has 1 N–H and O–H groups in total. The average molecular weight is 408 g/mol. The summed E-state index contributed by atoms with van der Waals surface area (Å²) < 4.78 is 19.5. The number of nitrogens with zero attached hydrogens (tertiary/aromatic N) is 2. The van der Waals surface area contributed by atoms with Crippen LogP contribution in [0.25, 0.3) is 11.3 Å². The highest BCUT2D eigenvalue weighted by atomic mass is 35.5. The minimum Gasteiger partial charge on any atom is -0.360 e. The van der Waals surface area contributed by atoms with Gasteiger partial charge in [0.15, 0.2) is 0 Å². The van der Waals surface area contributed by atoms with Crippen LogP contribution in [0.5, 0.6) is 0 Å². The first-order chi connectivity index (χ1) is 13.4. The Morgan fingerprint density at radius 3 is 2.71 bits per heavy atom. The summed E-state index contributed by atoms with van der Waals surface area (Å²) in [4.78, 5) is 26.9. The Balaban J connectivity index is 1.78. The fourth-order valence-corrected chi connectivity index (χ4v) is 3.67. The molecule has 0 unspecified atom stereocenters. The summed E-state index contributed by atoms with van der Waals surface area (Å²) in [5.74, 6) is -0.614. The zero-order valence-corrected chi connectivity index (χ0v) is 16.7. The third-order valence-corrected chi connectivity index (χ3v) is 5.29. The number of amides is 2. The Bertz CT molecular complexity index is 855. The molecular weight excluding hydrogens is 385 g/mol. The molecule has 1 aliphatic rings. The molecule has 1 saturated heterocycles. The van der Waals surface area contributed by atoms with Crippen molar-refractivity contribution >= 4 is 23.4 Å². The molecule has 3 rings (SSSR count). The number of hydrogen-bond donors (Lipinski definition) is 1. The third-order valence-electron chi connectivity index (χ3n) is 4.98. The highest BCUT2D eigenvalue weighted by Crippen LogP contribution is 2.34. The number of benzene rings is 1. The maximum absolute atomic E-state index is 14.3. The molecule has 1 fully saturated rings. The molecule has 0 saturated carbocycles. The topological polar surface area (TPSA) is 75.4 Å². The maximum atomic E-state index is 14.3. The van der Waals surface area contributed by atoms with Gasteiger partial charge in [0.2, 0.25) is 5.91 Å². The van der Waals surface area contributed by atoms with E-state index in [9.17, 15) is 14.0 Å². The number of piperidine rings is 1. The van der Waals surface area contributed by atoms with E-state index in [0.717, 1.165) is 6.42 Å². The van der Waals surface area contributed by atoms with Crippen LogP contribution < -0.4 is 5.32 Å². The van der Waals surface area contributed by atoms with Crippen LogP contribution in [-0.2, 0) is 4.79 Å². The lowest BCUT2D eigenvalue weighted by molar-refractivity contribution is -0.126. The highest BCUT2D eigenvalue weighted by Gasteiger charge is 2.32. The summed E-state index contributed by atoms with van der Waals surface area (Å²) in [6, 6.07) is 4.29. The molecule has 0 atom stereocenters. The monoisotopic (exact) mass is 407 g/mol. The lowest BCUT2D eigenvalue weighted by Gasteiger charge is -2.31. The van der Waals surface area contributed by atoms with Crippen LogP contribution in [0.1, 0.15) is 42.3 Å². The molecular formula is C20H23ClFN3O3. The first kappa shape index (κ1) is 20.3. The molecule has 1 aliphatic heterocycles. The predicted octanol–water partition coefficient (Wildman–Crippen LogP) is 3.82. The molecule has 6 nitrogen and oxygen atoms in total. The van der Waals surface area contributed by atoms with Crippen LogP contribution in [0.4, 0.5) is 4.39 Å². The van der Waals surface area contributed by atoms with Crippen molar-refractivity contribution in [3.63, 3.8) is 0 Å². The molecule has 8 heteroatoms. The van der Waals surface area contributed by atoms with Gasteiger partial charge in [0.1, 0.15) is 22.8 Å². The minimum absolute atomic E-state index is 0.0361. The molecule has 1 aromatic carbocycles. The van der Waals surface area contributed by atoms with Crippen molar-refractivity contribution in [2.45, 2.75) is 33.1 Å². The third kappa shape index (κ3) is 4.04. The van der Waals surface area contributed by atoms with E-state index in [1.165, 1.54) is 12.1 Å². The van der Waals surface area contributed by atoms with Gasteiger partial charge in [-0.2, -0.15) is 0 Å². The number of aryl methyl sites for hydroxylation is 1. The van der Waals surface area contributed by atoms with E-state index in [4.69, 9.17) is 16.1 Å².